The molecule has 100 valence electrons. The largest absolute Gasteiger partial charge is 0.475 e. The van der Waals surface area contributed by atoms with Gasteiger partial charge in [0.25, 0.3) is 0 Å². The molecule has 0 unspecified atom stereocenters. The third kappa shape index (κ3) is 3.12. The van der Waals surface area contributed by atoms with Crippen LogP contribution in [0.15, 0.2) is 4.42 Å². The Balaban J connectivity index is 1.99. The maximum atomic E-state index is 11.0. The average molecular weight is 251 g/mol. The number of hydrogen-bond donors (Lipinski definition) is 1. The molecule has 1 aromatic rings. The summed E-state index contributed by atoms with van der Waals surface area (Å²) < 4.78 is 5.38. The fourth-order valence-corrected chi connectivity index (χ4v) is 2.71. The highest BCUT2D eigenvalue weighted by molar-refractivity contribution is 5.85. The van der Waals surface area contributed by atoms with Crippen molar-refractivity contribution in [3.8, 4) is 0 Å². The van der Waals surface area contributed by atoms with Gasteiger partial charge < -0.3 is 9.52 Å². The summed E-state index contributed by atoms with van der Waals surface area (Å²) in [6, 6.07) is 0. The van der Waals surface area contributed by atoms with Gasteiger partial charge in [0.2, 0.25) is 5.76 Å². The van der Waals surface area contributed by atoms with Crippen LogP contribution in [0.25, 0.3) is 0 Å². The molecule has 0 bridgehead atoms. The molecule has 0 aromatic carbocycles. The number of carboxylic acid groups (broad SMARTS) is 1. The molecule has 2 rings (SSSR count). The molecule has 1 saturated carbocycles. The summed E-state index contributed by atoms with van der Waals surface area (Å²) in [6.45, 7) is 2.01. The second-order valence-corrected chi connectivity index (χ2v) is 5.13. The third-order valence-corrected chi connectivity index (χ3v) is 3.66. The number of carbonyl (C=O) groups is 1. The number of aromatic carboxylic acids is 1. The van der Waals surface area contributed by atoms with E-state index in [0.717, 1.165) is 25.2 Å². The molecule has 1 N–H and O–H groups in total. The van der Waals surface area contributed by atoms with Crippen LogP contribution in [0, 0.1) is 5.92 Å². The van der Waals surface area contributed by atoms with Gasteiger partial charge in [-0.15, -0.1) is 0 Å². The van der Waals surface area contributed by atoms with Crippen molar-refractivity contribution in [1.82, 2.24) is 4.98 Å². The Morgan fingerprint density at radius 3 is 2.72 bits per heavy atom. The number of oxazole rings is 1. The fraction of sp³-hybridized carbons (Fsp3) is 0.714. The van der Waals surface area contributed by atoms with Gasteiger partial charge in [-0.1, -0.05) is 39.0 Å². The second kappa shape index (κ2) is 6.03. The topological polar surface area (TPSA) is 63.3 Å². The van der Waals surface area contributed by atoms with E-state index in [1.807, 2.05) is 6.92 Å². The molecule has 1 aromatic heterocycles. The molecule has 0 radical (unpaired) electrons. The number of nitrogens with zero attached hydrogens (tertiary/aromatic N) is 1. The maximum Gasteiger partial charge on any atom is 0.373 e. The second-order valence-electron chi connectivity index (χ2n) is 5.13. The predicted octanol–water partition coefficient (Wildman–Crippen LogP) is 3.45. The van der Waals surface area contributed by atoms with Gasteiger partial charge in [0.15, 0.2) is 5.89 Å². The molecule has 0 saturated heterocycles. The zero-order valence-corrected chi connectivity index (χ0v) is 10.9. The number of hydrogen-bond acceptors (Lipinski definition) is 3. The van der Waals surface area contributed by atoms with Gasteiger partial charge in [-0.3, -0.25) is 0 Å². The molecule has 1 fully saturated rings. The molecule has 0 aliphatic heterocycles. The molecule has 1 aliphatic rings. The quantitative estimate of drug-likeness (QED) is 0.841. The van der Waals surface area contributed by atoms with E-state index >= 15 is 0 Å². The van der Waals surface area contributed by atoms with Gasteiger partial charge in [-0.05, 0) is 18.8 Å². The van der Waals surface area contributed by atoms with Crippen molar-refractivity contribution >= 4 is 5.97 Å². The monoisotopic (exact) mass is 251 g/mol. The van der Waals surface area contributed by atoms with Crippen molar-refractivity contribution in [3.63, 3.8) is 0 Å². The lowest BCUT2D eigenvalue weighted by Crippen LogP contribution is -1.99. The lowest BCUT2D eigenvalue weighted by Gasteiger charge is -2.05. The van der Waals surface area contributed by atoms with Crippen LogP contribution in [0.3, 0.4) is 0 Å². The molecule has 4 nitrogen and oxygen atoms in total. The highest BCUT2D eigenvalue weighted by Crippen LogP contribution is 2.28. The number of aromatic nitrogens is 1. The number of aryl methyl sites for hydroxylation is 2. The molecule has 18 heavy (non-hydrogen) atoms. The van der Waals surface area contributed by atoms with Crippen LogP contribution >= 0.6 is 0 Å². The zero-order valence-electron chi connectivity index (χ0n) is 10.9. The molecule has 1 heterocycles. The lowest BCUT2D eigenvalue weighted by molar-refractivity contribution is 0.0658. The Labute approximate surface area is 107 Å². The van der Waals surface area contributed by atoms with Crippen LogP contribution in [-0.2, 0) is 12.8 Å². The number of rotatable bonds is 6. The van der Waals surface area contributed by atoms with Gasteiger partial charge in [0, 0.05) is 6.42 Å². The smallest absolute Gasteiger partial charge is 0.373 e. The first-order chi connectivity index (χ1) is 8.70. The van der Waals surface area contributed by atoms with Crippen LogP contribution in [0.4, 0.5) is 0 Å². The van der Waals surface area contributed by atoms with Crippen LogP contribution in [-0.4, -0.2) is 16.1 Å². The van der Waals surface area contributed by atoms with Gasteiger partial charge in [-0.25, -0.2) is 9.78 Å². The Morgan fingerprint density at radius 1 is 1.39 bits per heavy atom. The van der Waals surface area contributed by atoms with Crippen molar-refractivity contribution in [2.45, 2.75) is 58.3 Å². The molecular weight excluding hydrogens is 230 g/mol. The van der Waals surface area contributed by atoms with Crippen molar-refractivity contribution in [2.75, 3.05) is 0 Å². The Hall–Kier alpha value is -1.32. The van der Waals surface area contributed by atoms with Crippen LogP contribution in [0.5, 0.6) is 0 Å². The Bertz CT molecular complexity index is 405. The fourth-order valence-electron chi connectivity index (χ4n) is 2.71. The summed E-state index contributed by atoms with van der Waals surface area (Å²) in [5.74, 6) is 0.416. The summed E-state index contributed by atoms with van der Waals surface area (Å²) in [7, 11) is 0. The van der Waals surface area contributed by atoms with E-state index in [1.54, 1.807) is 0 Å². The molecule has 0 spiro atoms. The first kappa shape index (κ1) is 13.1. The lowest BCUT2D eigenvalue weighted by atomic mass is 10.0. The Morgan fingerprint density at radius 2 is 2.11 bits per heavy atom. The van der Waals surface area contributed by atoms with E-state index in [2.05, 4.69) is 4.98 Å². The van der Waals surface area contributed by atoms with Crippen LogP contribution in [0.1, 0.15) is 67.6 Å². The van der Waals surface area contributed by atoms with E-state index in [4.69, 9.17) is 9.52 Å². The van der Waals surface area contributed by atoms with E-state index in [-0.39, 0.29) is 5.76 Å². The van der Waals surface area contributed by atoms with E-state index in [9.17, 15) is 4.79 Å². The average Bonchev–Trinajstić information content (AvgIpc) is 2.95. The van der Waals surface area contributed by atoms with Crippen molar-refractivity contribution in [1.29, 1.82) is 0 Å². The zero-order chi connectivity index (χ0) is 13.0. The third-order valence-electron chi connectivity index (χ3n) is 3.66. The van der Waals surface area contributed by atoms with E-state index < -0.39 is 5.97 Å². The van der Waals surface area contributed by atoms with Gasteiger partial charge in [0.1, 0.15) is 0 Å². The number of carboxylic acids is 1. The molecule has 0 atom stereocenters. The predicted molar refractivity (Wildman–Crippen MR) is 67.7 cm³/mol. The van der Waals surface area contributed by atoms with Gasteiger partial charge >= 0.3 is 5.97 Å². The Kier molecular flexibility index (Phi) is 4.39. The highest BCUT2D eigenvalue weighted by Gasteiger charge is 2.20. The van der Waals surface area contributed by atoms with Crippen LogP contribution in [0.2, 0.25) is 0 Å². The van der Waals surface area contributed by atoms with Gasteiger partial charge in [0.05, 0.1) is 5.69 Å². The summed E-state index contributed by atoms with van der Waals surface area (Å²) in [5, 5.41) is 9.05. The van der Waals surface area contributed by atoms with Crippen LogP contribution < -0.4 is 0 Å². The summed E-state index contributed by atoms with van der Waals surface area (Å²) in [6.07, 6.45) is 8.67. The first-order valence-corrected chi connectivity index (χ1v) is 6.92. The molecule has 1 aliphatic carbocycles. The standard InChI is InChI=1S/C14H21NO3/c1-2-5-11-13(14(16)17)18-12(15-11)9-8-10-6-3-4-7-10/h10H,2-9H2,1H3,(H,16,17). The summed E-state index contributed by atoms with van der Waals surface area (Å²) in [4.78, 5) is 15.4. The van der Waals surface area contributed by atoms with E-state index in [1.165, 1.54) is 25.7 Å². The minimum absolute atomic E-state index is 0.0401. The molecule has 4 heteroatoms. The van der Waals surface area contributed by atoms with Crippen molar-refractivity contribution < 1.29 is 14.3 Å². The molecular formula is C14H21NO3. The normalized spacial score (nSPS) is 16.3. The van der Waals surface area contributed by atoms with E-state index in [0.29, 0.717) is 18.0 Å². The minimum Gasteiger partial charge on any atom is -0.475 e. The minimum atomic E-state index is -1.00. The SMILES string of the molecule is CCCc1nc(CCC2CCCC2)oc1C(=O)O. The van der Waals surface area contributed by atoms with Crippen molar-refractivity contribution in [2.24, 2.45) is 5.92 Å². The van der Waals surface area contributed by atoms with Gasteiger partial charge in [-0.2, -0.15) is 0 Å². The highest BCUT2D eigenvalue weighted by atomic mass is 16.4. The molecule has 0 amide bonds. The first-order valence-electron chi connectivity index (χ1n) is 6.92. The summed E-state index contributed by atoms with van der Waals surface area (Å²) in [5.41, 5.74) is 0.603. The summed E-state index contributed by atoms with van der Waals surface area (Å²) >= 11 is 0. The maximum absolute atomic E-state index is 11.0. The van der Waals surface area contributed by atoms with Crippen molar-refractivity contribution in [3.05, 3.63) is 17.3 Å².